The molecular weight excluding hydrogens is 226 g/mol. The molecule has 0 N–H and O–H groups in total. The minimum atomic E-state index is -0.500. The molecule has 0 unspecified atom stereocenters. The molecule has 0 bridgehead atoms. The molecule has 1 aromatic rings. The summed E-state index contributed by atoms with van der Waals surface area (Å²) >= 11 is 1.61. The lowest BCUT2D eigenvalue weighted by molar-refractivity contribution is -0.146. The van der Waals surface area contributed by atoms with Gasteiger partial charge in [-0.3, -0.25) is 9.59 Å². The van der Waals surface area contributed by atoms with E-state index in [1.165, 1.54) is 17.6 Å². The molecule has 0 aliphatic carbocycles. The first kappa shape index (κ1) is 12.7. The van der Waals surface area contributed by atoms with E-state index >= 15 is 0 Å². The van der Waals surface area contributed by atoms with E-state index in [0.29, 0.717) is 6.54 Å². The van der Waals surface area contributed by atoms with Crippen molar-refractivity contribution < 1.29 is 14.3 Å². The van der Waals surface area contributed by atoms with Crippen LogP contribution in [0.4, 0.5) is 0 Å². The van der Waals surface area contributed by atoms with Gasteiger partial charge in [-0.2, -0.15) is 0 Å². The van der Waals surface area contributed by atoms with Crippen LogP contribution in [-0.2, 0) is 20.9 Å². The van der Waals surface area contributed by atoms with Crippen molar-refractivity contribution in [3.05, 3.63) is 21.9 Å². The van der Waals surface area contributed by atoms with Gasteiger partial charge < -0.3 is 9.64 Å². The Morgan fingerprint density at radius 1 is 1.50 bits per heavy atom. The molecule has 0 saturated heterocycles. The number of carbonyl (C=O) groups excluding carboxylic acids is 2. The zero-order valence-electron chi connectivity index (χ0n) is 9.65. The maximum absolute atomic E-state index is 11.6. The van der Waals surface area contributed by atoms with Gasteiger partial charge in [-0.15, -0.1) is 11.3 Å². The third-order valence-corrected chi connectivity index (χ3v) is 3.31. The van der Waals surface area contributed by atoms with Crippen molar-refractivity contribution in [2.24, 2.45) is 0 Å². The first-order chi connectivity index (χ1) is 7.54. The van der Waals surface area contributed by atoms with Crippen LogP contribution in [0.2, 0.25) is 0 Å². The fourth-order valence-electron chi connectivity index (χ4n) is 1.20. The van der Waals surface area contributed by atoms with Crippen LogP contribution >= 0.6 is 11.3 Å². The molecule has 4 nitrogen and oxygen atoms in total. The molecule has 0 saturated carbocycles. The number of nitrogens with zero attached hydrogens (tertiary/aromatic N) is 1. The molecule has 16 heavy (non-hydrogen) atoms. The largest absolute Gasteiger partial charge is 0.469 e. The van der Waals surface area contributed by atoms with E-state index in [1.807, 2.05) is 18.4 Å². The summed E-state index contributed by atoms with van der Waals surface area (Å²) in [6.45, 7) is 2.55. The summed E-state index contributed by atoms with van der Waals surface area (Å²) in [6, 6.07) is 2.01. The number of methoxy groups -OCH3 is 1. The van der Waals surface area contributed by atoms with E-state index in [4.69, 9.17) is 0 Å². The SMILES string of the molecule is COC(=O)CC(=O)N(C)Cc1sccc1C. The van der Waals surface area contributed by atoms with E-state index in [0.717, 1.165) is 4.88 Å². The highest BCUT2D eigenvalue weighted by Crippen LogP contribution is 2.17. The van der Waals surface area contributed by atoms with E-state index in [2.05, 4.69) is 4.74 Å². The highest BCUT2D eigenvalue weighted by molar-refractivity contribution is 7.10. The quantitative estimate of drug-likeness (QED) is 0.594. The highest BCUT2D eigenvalue weighted by atomic mass is 32.1. The van der Waals surface area contributed by atoms with Crippen LogP contribution in [0.1, 0.15) is 16.9 Å². The number of aryl methyl sites for hydroxylation is 1. The lowest BCUT2D eigenvalue weighted by Crippen LogP contribution is -2.28. The summed E-state index contributed by atoms with van der Waals surface area (Å²) in [4.78, 5) is 25.2. The smallest absolute Gasteiger partial charge is 0.315 e. The maximum atomic E-state index is 11.6. The number of rotatable bonds is 4. The second-order valence-electron chi connectivity index (χ2n) is 3.53. The van der Waals surface area contributed by atoms with Crippen molar-refractivity contribution in [2.45, 2.75) is 19.9 Å². The average molecular weight is 241 g/mol. The molecule has 0 aliphatic rings. The number of esters is 1. The molecule has 0 fully saturated rings. The van der Waals surface area contributed by atoms with Crippen molar-refractivity contribution in [3.63, 3.8) is 0 Å². The normalized spacial score (nSPS) is 9.94. The van der Waals surface area contributed by atoms with Crippen molar-refractivity contribution in [2.75, 3.05) is 14.2 Å². The third kappa shape index (κ3) is 3.34. The van der Waals surface area contributed by atoms with Crippen LogP contribution in [0.3, 0.4) is 0 Å². The fraction of sp³-hybridized carbons (Fsp3) is 0.455. The second kappa shape index (κ2) is 5.65. The van der Waals surface area contributed by atoms with Crippen molar-refractivity contribution in [1.29, 1.82) is 0 Å². The topological polar surface area (TPSA) is 46.6 Å². The van der Waals surface area contributed by atoms with Gasteiger partial charge in [-0.25, -0.2) is 0 Å². The average Bonchev–Trinajstić information content (AvgIpc) is 2.64. The van der Waals surface area contributed by atoms with E-state index in [-0.39, 0.29) is 12.3 Å². The Morgan fingerprint density at radius 2 is 2.19 bits per heavy atom. The minimum Gasteiger partial charge on any atom is -0.469 e. The monoisotopic (exact) mass is 241 g/mol. The number of ether oxygens (including phenoxy) is 1. The summed E-state index contributed by atoms with van der Waals surface area (Å²) < 4.78 is 4.45. The van der Waals surface area contributed by atoms with Gasteiger partial charge in [-0.05, 0) is 23.9 Å². The summed E-state index contributed by atoms with van der Waals surface area (Å²) in [5, 5.41) is 1.99. The minimum absolute atomic E-state index is 0.197. The fourth-order valence-corrected chi connectivity index (χ4v) is 2.16. The molecule has 88 valence electrons. The first-order valence-electron chi connectivity index (χ1n) is 4.88. The summed E-state index contributed by atoms with van der Waals surface area (Å²) in [6.07, 6.45) is -0.197. The number of hydrogen-bond donors (Lipinski definition) is 0. The van der Waals surface area contributed by atoms with E-state index < -0.39 is 5.97 Å². The lowest BCUT2D eigenvalue weighted by atomic mass is 10.2. The molecule has 1 heterocycles. The Kier molecular flexibility index (Phi) is 4.49. The predicted molar refractivity (Wildman–Crippen MR) is 62.2 cm³/mol. The summed E-state index contributed by atoms with van der Waals surface area (Å²) in [5.41, 5.74) is 1.17. The van der Waals surface area contributed by atoms with Gasteiger partial charge in [0.2, 0.25) is 5.91 Å². The Hall–Kier alpha value is -1.36. The predicted octanol–water partition coefficient (Wildman–Crippen LogP) is 1.58. The Labute approximate surface area is 98.8 Å². The van der Waals surface area contributed by atoms with Gasteiger partial charge in [0.15, 0.2) is 0 Å². The molecule has 0 atom stereocenters. The number of hydrogen-bond acceptors (Lipinski definition) is 4. The summed E-state index contributed by atoms with van der Waals surface area (Å²) in [7, 11) is 2.96. The maximum Gasteiger partial charge on any atom is 0.315 e. The Morgan fingerprint density at radius 3 is 2.69 bits per heavy atom. The van der Waals surface area contributed by atoms with Gasteiger partial charge in [0.05, 0.1) is 13.7 Å². The lowest BCUT2D eigenvalue weighted by Gasteiger charge is -2.16. The van der Waals surface area contributed by atoms with Gasteiger partial charge in [0.1, 0.15) is 6.42 Å². The molecule has 0 aliphatic heterocycles. The van der Waals surface area contributed by atoms with Crippen LogP contribution < -0.4 is 0 Å². The van der Waals surface area contributed by atoms with Gasteiger partial charge in [0, 0.05) is 11.9 Å². The molecule has 0 spiro atoms. The number of thiophene rings is 1. The van der Waals surface area contributed by atoms with Crippen molar-refractivity contribution in [3.8, 4) is 0 Å². The zero-order valence-corrected chi connectivity index (χ0v) is 10.5. The standard InChI is InChI=1S/C11H15NO3S/c1-8-4-5-16-9(8)7-12(2)10(13)6-11(14)15-3/h4-5H,6-7H2,1-3H3. The zero-order chi connectivity index (χ0) is 12.1. The van der Waals surface area contributed by atoms with Gasteiger partial charge in [-0.1, -0.05) is 0 Å². The van der Waals surface area contributed by atoms with E-state index in [9.17, 15) is 9.59 Å². The molecule has 1 aromatic heterocycles. The second-order valence-corrected chi connectivity index (χ2v) is 4.53. The summed E-state index contributed by atoms with van der Waals surface area (Å²) in [5.74, 6) is -0.723. The highest BCUT2D eigenvalue weighted by Gasteiger charge is 2.15. The van der Waals surface area contributed by atoms with E-state index in [1.54, 1.807) is 18.4 Å². The molecule has 1 amide bonds. The Bertz CT molecular complexity index is 386. The van der Waals surface area contributed by atoms with Crippen molar-refractivity contribution in [1.82, 2.24) is 4.90 Å². The van der Waals surface area contributed by atoms with Crippen LogP contribution in [-0.4, -0.2) is 30.9 Å². The molecular formula is C11H15NO3S. The van der Waals surface area contributed by atoms with Crippen molar-refractivity contribution >= 4 is 23.2 Å². The number of carbonyl (C=O) groups is 2. The van der Waals surface area contributed by atoms with Crippen LogP contribution in [0, 0.1) is 6.92 Å². The van der Waals surface area contributed by atoms with Gasteiger partial charge >= 0.3 is 5.97 Å². The molecule has 5 heteroatoms. The van der Waals surface area contributed by atoms with Crippen LogP contribution in [0.5, 0.6) is 0 Å². The molecule has 0 aromatic carbocycles. The first-order valence-corrected chi connectivity index (χ1v) is 5.76. The van der Waals surface area contributed by atoms with Crippen LogP contribution in [0.25, 0.3) is 0 Å². The third-order valence-electron chi connectivity index (χ3n) is 2.30. The Balaban J connectivity index is 2.52. The number of amides is 1. The molecule has 1 rings (SSSR count). The van der Waals surface area contributed by atoms with Gasteiger partial charge in [0.25, 0.3) is 0 Å². The van der Waals surface area contributed by atoms with Crippen LogP contribution in [0.15, 0.2) is 11.4 Å². The molecule has 0 radical (unpaired) electrons.